The first-order chi connectivity index (χ1) is 8.84. The van der Waals surface area contributed by atoms with Gasteiger partial charge < -0.3 is 5.11 Å². The van der Waals surface area contributed by atoms with Crippen molar-refractivity contribution in [3.8, 4) is 0 Å². The topological polar surface area (TPSA) is 74.7 Å². The second-order valence-corrected chi connectivity index (χ2v) is 6.38. The molecule has 0 aromatic heterocycles. The highest BCUT2D eigenvalue weighted by molar-refractivity contribution is 7.89. The van der Waals surface area contributed by atoms with Gasteiger partial charge in [-0.15, -0.1) is 0 Å². The summed E-state index contributed by atoms with van der Waals surface area (Å²) in [6, 6.07) is 2.33. The third-order valence-corrected chi connectivity index (χ3v) is 5.28. The first-order valence-corrected chi connectivity index (χ1v) is 7.29. The fourth-order valence-electron chi connectivity index (χ4n) is 2.30. The van der Waals surface area contributed by atoms with Crippen molar-refractivity contribution < 1.29 is 22.7 Å². The third-order valence-electron chi connectivity index (χ3n) is 3.21. The van der Waals surface area contributed by atoms with Gasteiger partial charge in [0.15, 0.2) is 0 Å². The van der Waals surface area contributed by atoms with Crippen molar-refractivity contribution in [2.45, 2.75) is 30.7 Å². The molecule has 1 atom stereocenters. The molecule has 5 nitrogen and oxygen atoms in total. The highest BCUT2D eigenvalue weighted by Crippen LogP contribution is 2.28. The lowest BCUT2D eigenvalue weighted by molar-refractivity contribution is -0.140. The Morgan fingerprint density at radius 2 is 2.16 bits per heavy atom. The summed E-state index contributed by atoms with van der Waals surface area (Å²) in [5.41, 5.74) is 0.274. The van der Waals surface area contributed by atoms with E-state index in [0.29, 0.717) is 12.8 Å². The van der Waals surface area contributed by atoms with Gasteiger partial charge in [0.1, 0.15) is 11.9 Å². The Hall–Kier alpha value is -1.47. The average Bonchev–Trinajstić information content (AvgIpc) is 2.77. The molecular weight excluding hydrogens is 273 g/mol. The Morgan fingerprint density at radius 1 is 1.47 bits per heavy atom. The van der Waals surface area contributed by atoms with Crippen molar-refractivity contribution in [2.24, 2.45) is 0 Å². The Labute approximate surface area is 110 Å². The summed E-state index contributed by atoms with van der Waals surface area (Å²) in [6.07, 6.45) is 0.811. The minimum atomic E-state index is -3.89. The molecule has 1 fully saturated rings. The monoisotopic (exact) mass is 287 g/mol. The number of hydrogen-bond donors (Lipinski definition) is 1. The van der Waals surface area contributed by atoms with E-state index >= 15 is 0 Å². The summed E-state index contributed by atoms with van der Waals surface area (Å²) < 4.78 is 38.8. The summed E-state index contributed by atoms with van der Waals surface area (Å²) in [5.74, 6) is -1.67. The molecule has 1 unspecified atom stereocenters. The van der Waals surface area contributed by atoms with Gasteiger partial charge in [-0.2, -0.15) is 4.31 Å². The van der Waals surface area contributed by atoms with E-state index in [1.165, 1.54) is 13.0 Å². The molecular formula is C12H14FNO4S. The van der Waals surface area contributed by atoms with Crippen LogP contribution in [0.3, 0.4) is 0 Å². The van der Waals surface area contributed by atoms with Crippen molar-refractivity contribution in [3.05, 3.63) is 29.6 Å². The molecule has 1 aromatic carbocycles. The standard InChI is InChI=1S/C12H14FNO4S/c1-8-7-9(13)4-5-11(8)19(17,18)14-6-2-3-10(14)12(15)16/h4-5,7,10H,2-3,6H2,1H3,(H,15,16). The summed E-state index contributed by atoms with van der Waals surface area (Å²) in [6.45, 7) is 1.66. The molecule has 1 aromatic rings. The second-order valence-electron chi connectivity index (χ2n) is 4.52. The predicted octanol–water partition coefficient (Wildman–Crippen LogP) is 1.37. The van der Waals surface area contributed by atoms with Crippen LogP contribution in [0.5, 0.6) is 0 Å². The zero-order valence-electron chi connectivity index (χ0n) is 10.3. The molecule has 1 aliphatic heterocycles. The minimum absolute atomic E-state index is 0.0398. The van der Waals surface area contributed by atoms with Crippen LogP contribution in [0.15, 0.2) is 23.1 Å². The number of sulfonamides is 1. The van der Waals surface area contributed by atoms with Crippen molar-refractivity contribution in [3.63, 3.8) is 0 Å². The minimum Gasteiger partial charge on any atom is -0.480 e. The van der Waals surface area contributed by atoms with Gasteiger partial charge in [-0.05, 0) is 43.5 Å². The molecule has 0 aliphatic carbocycles. The van der Waals surface area contributed by atoms with Crippen molar-refractivity contribution in [1.29, 1.82) is 0 Å². The van der Waals surface area contributed by atoms with Crippen LogP contribution in [0, 0.1) is 12.7 Å². The average molecular weight is 287 g/mol. The van der Waals surface area contributed by atoms with Crippen molar-refractivity contribution in [1.82, 2.24) is 4.31 Å². The first-order valence-electron chi connectivity index (χ1n) is 5.85. The lowest BCUT2D eigenvalue weighted by atomic mass is 10.2. The molecule has 7 heteroatoms. The number of hydrogen-bond acceptors (Lipinski definition) is 3. The van der Waals surface area contributed by atoms with E-state index in [9.17, 15) is 17.6 Å². The third kappa shape index (κ3) is 2.48. The van der Waals surface area contributed by atoms with E-state index in [4.69, 9.17) is 5.11 Å². The van der Waals surface area contributed by atoms with Crippen LogP contribution in [-0.4, -0.2) is 36.4 Å². The van der Waals surface area contributed by atoms with Crippen LogP contribution < -0.4 is 0 Å². The van der Waals surface area contributed by atoms with E-state index in [-0.39, 0.29) is 17.0 Å². The summed E-state index contributed by atoms with van der Waals surface area (Å²) in [7, 11) is -3.89. The molecule has 2 rings (SSSR count). The number of aryl methyl sites for hydroxylation is 1. The normalized spacial score (nSPS) is 20.6. The molecule has 0 spiro atoms. The lowest BCUT2D eigenvalue weighted by Gasteiger charge is -2.21. The van der Waals surface area contributed by atoms with Crippen molar-refractivity contribution >= 4 is 16.0 Å². The predicted molar refractivity (Wildman–Crippen MR) is 65.7 cm³/mol. The van der Waals surface area contributed by atoms with E-state index in [0.717, 1.165) is 16.4 Å². The number of rotatable bonds is 3. The molecule has 104 valence electrons. The maximum Gasteiger partial charge on any atom is 0.322 e. The molecule has 0 bridgehead atoms. The van der Waals surface area contributed by atoms with Gasteiger partial charge in [0.25, 0.3) is 0 Å². The summed E-state index contributed by atoms with van der Waals surface area (Å²) in [4.78, 5) is 11.0. The van der Waals surface area contributed by atoms with Crippen LogP contribution in [0.1, 0.15) is 18.4 Å². The Morgan fingerprint density at radius 3 is 2.74 bits per heavy atom. The van der Waals surface area contributed by atoms with E-state index in [1.807, 2.05) is 0 Å². The van der Waals surface area contributed by atoms with Gasteiger partial charge in [0, 0.05) is 6.54 Å². The summed E-state index contributed by atoms with van der Waals surface area (Å²) >= 11 is 0. The first kappa shape index (κ1) is 14.0. The van der Waals surface area contributed by atoms with Crippen molar-refractivity contribution in [2.75, 3.05) is 6.54 Å². The Balaban J connectivity index is 2.45. The smallest absolute Gasteiger partial charge is 0.322 e. The van der Waals surface area contributed by atoms with Gasteiger partial charge in [0.05, 0.1) is 4.90 Å². The molecule has 19 heavy (non-hydrogen) atoms. The van der Waals surface area contributed by atoms with Crippen LogP contribution in [0.25, 0.3) is 0 Å². The van der Waals surface area contributed by atoms with E-state index < -0.39 is 27.9 Å². The number of carbonyl (C=O) groups is 1. The second kappa shape index (κ2) is 4.90. The highest BCUT2D eigenvalue weighted by atomic mass is 32.2. The van der Waals surface area contributed by atoms with Crippen LogP contribution in [-0.2, 0) is 14.8 Å². The van der Waals surface area contributed by atoms with Crippen LogP contribution >= 0.6 is 0 Å². The van der Waals surface area contributed by atoms with Gasteiger partial charge in [0.2, 0.25) is 10.0 Å². The number of carboxylic acids is 1. The highest BCUT2D eigenvalue weighted by Gasteiger charge is 2.39. The molecule has 1 N–H and O–H groups in total. The Kier molecular flexibility index (Phi) is 3.60. The van der Waals surface area contributed by atoms with E-state index in [2.05, 4.69) is 0 Å². The van der Waals surface area contributed by atoms with Gasteiger partial charge in [-0.3, -0.25) is 4.79 Å². The molecule has 0 saturated carbocycles. The molecule has 1 saturated heterocycles. The van der Waals surface area contributed by atoms with Gasteiger partial charge in [-0.1, -0.05) is 0 Å². The van der Waals surface area contributed by atoms with Crippen LogP contribution in [0.4, 0.5) is 4.39 Å². The zero-order valence-corrected chi connectivity index (χ0v) is 11.2. The zero-order chi connectivity index (χ0) is 14.2. The molecule has 1 aliphatic rings. The quantitative estimate of drug-likeness (QED) is 0.911. The number of carboxylic acid groups (broad SMARTS) is 1. The SMILES string of the molecule is Cc1cc(F)ccc1S(=O)(=O)N1CCCC1C(=O)O. The lowest BCUT2D eigenvalue weighted by Crippen LogP contribution is -2.40. The maximum atomic E-state index is 13.0. The molecule has 1 heterocycles. The fraction of sp³-hybridized carbons (Fsp3) is 0.417. The maximum absolute atomic E-state index is 13.0. The largest absolute Gasteiger partial charge is 0.480 e. The number of halogens is 1. The van der Waals surface area contributed by atoms with Gasteiger partial charge >= 0.3 is 5.97 Å². The van der Waals surface area contributed by atoms with E-state index in [1.54, 1.807) is 0 Å². The molecule has 0 amide bonds. The summed E-state index contributed by atoms with van der Waals surface area (Å²) in [5, 5.41) is 9.04. The number of nitrogens with zero attached hydrogens (tertiary/aromatic N) is 1. The fourth-order valence-corrected chi connectivity index (χ4v) is 4.16. The number of aliphatic carboxylic acids is 1. The van der Waals surface area contributed by atoms with Gasteiger partial charge in [-0.25, -0.2) is 12.8 Å². The Bertz CT molecular complexity index is 614. The van der Waals surface area contributed by atoms with Crippen LogP contribution in [0.2, 0.25) is 0 Å². The molecule has 0 radical (unpaired) electrons. The number of benzene rings is 1.